The highest BCUT2D eigenvalue weighted by Crippen LogP contribution is 2.33. The Morgan fingerprint density at radius 3 is 2.62 bits per heavy atom. The summed E-state index contributed by atoms with van der Waals surface area (Å²) in [4.78, 5) is 0. The Labute approximate surface area is 154 Å². The van der Waals surface area contributed by atoms with E-state index in [1.165, 1.54) is 22.0 Å². The Bertz CT molecular complexity index is 865. The molecule has 6 heteroatoms. The number of sulfonamides is 1. The van der Waals surface area contributed by atoms with Gasteiger partial charge < -0.3 is 4.74 Å². The highest BCUT2D eigenvalue weighted by Gasteiger charge is 2.32. The summed E-state index contributed by atoms with van der Waals surface area (Å²) in [5, 5.41) is 0. The summed E-state index contributed by atoms with van der Waals surface area (Å²) in [7, 11) is -3.56. The van der Waals surface area contributed by atoms with Gasteiger partial charge in [0.2, 0.25) is 10.0 Å². The van der Waals surface area contributed by atoms with Crippen LogP contribution in [0.4, 0.5) is 10.1 Å². The third kappa shape index (κ3) is 4.01. The summed E-state index contributed by atoms with van der Waals surface area (Å²) in [6.07, 6.45) is 2.30. The van der Waals surface area contributed by atoms with Crippen LogP contribution in [0.1, 0.15) is 31.4 Å². The Morgan fingerprint density at radius 1 is 1.19 bits per heavy atom. The van der Waals surface area contributed by atoms with Crippen LogP contribution in [-0.2, 0) is 22.9 Å². The van der Waals surface area contributed by atoms with E-state index in [4.69, 9.17) is 4.74 Å². The average Bonchev–Trinajstić information content (AvgIpc) is 2.62. The standard InChI is InChI=1S/C20H24FNO3S/c1-3-16-5-9-19(10-6-16)25-12-13-26(23,24)22-15(2)4-7-17-14-18(21)8-11-20(17)22/h5-6,8-11,14-15H,3-4,7,12-13H2,1-2H3. The van der Waals surface area contributed by atoms with Crippen molar-refractivity contribution in [1.82, 2.24) is 0 Å². The van der Waals surface area contributed by atoms with E-state index in [1.54, 1.807) is 6.07 Å². The molecule has 2 aromatic carbocycles. The van der Waals surface area contributed by atoms with Crippen LogP contribution in [0.2, 0.25) is 0 Å². The van der Waals surface area contributed by atoms with Gasteiger partial charge in [0.1, 0.15) is 23.9 Å². The highest BCUT2D eigenvalue weighted by molar-refractivity contribution is 7.92. The number of benzene rings is 2. The van der Waals surface area contributed by atoms with Gasteiger partial charge >= 0.3 is 0 Å². The van der Waals surface area contributed by atoms with Crippen LogP contribution in [0.5, 0.6) is 5.75 Å². The topological polar surface area (TPSA) is 46.6 Å². The molecule has 1 aliphatic rings. The van der Waals surface area contributed by atoms with E-state index in [0.29, 0.717) is 24.3 Å². The van der Waals surface area contributed by atoms with E-state index in [-0.39, 0.29) is 24.2 Å². The van der Waals surface area contributed by atoms with Gasteiger partial charge in [-0.05, 0) is 67.6 Å². The van der Waals surface area contributed by atoms with Gasteiger partial charge in [-0.3, -0.25) is 4.31 Å². The molecule has 0 saturated heterocycles. The van der Waals surface area contributed by atoms with Gasteiger partial charge in [-0.25, -0.2) is 12.8 Å². The molecule has 2 aromatic rings. The van der Waals surface area contributed by atoms with Crippen LogP contribution in [0.3, 0.4) is 0 Å². The molecule has 0 amide bonds. The average molecular weight is 377 g/mol. The Kier molecular flexibility index (Phi) is 5.51. The van der Waals surface area contributed by atoms with Gasteiger partial charge in [0, 0.05) is 6.04 Å². The molecule has 0 spiro atoms. The zero-order valence-corrected chi connectivity index (χ0v) is 15.9. The normalized spacial score (nSPS) is 17.0. The lowest BCUT2D eigenvalue weighted by Crippen LogP contribution is -2.44. The quantitative estimate of drug-likeness (QED) is 0.766. The third-order valence-corrected chi connectivity index (χ3v) is 6.59. The van der Waals surface area contributed by atoms with Crippen LogP contribution in [0.25, 0.3) is 0 Å². The molecule has 0 saturated carbocycles. The van der Waals surface area contributed by atoms with Crippen molar-refractivity contribution in [2.75, 3.05) is 16.7 Å². The molecule has 3 rings (SSSR count). The molecule has 4 nitrogen and oxygen atoms in total. The van der Waals surface area contributed by atoms with Crippen molar-refractivity contribution in [3.05, 3.63) is 59.4 Å². The van der Waals surface area contributed by atoms with Crippen molar-refractivity contribution < 1.29 is 17.5 Å². The number of hydrogen-bond acceptors (Lipinski definition) is 3. The van der Waals surface area contributed by atoms with Gasteiger partial charge in [-0.1, -0.05) is 19.1 Å². The lowest BCUT2D eigenvalue weighted by molar-refractivity contribution is 0.340. The van der Waals surface area contributed by atoms with Gasteiger partial charge in [0.15, 0.2) is 0 Å². The van der Waals surface area contributed by atoms with Crippen molar-refractivity contribution in [2.24, 2.45) is 0 Å². The summed E-state index contributed by atoms with van der Waals surface area (Å²) >= 11 is 0. The molecule has 1 aliphatic heterocycles. The van der Waals surface area contributed by atoms with Gasteiger partial charge in [0.05, 0.1) is 5.69 Å². The maximum atomic E-state index is 13.5. The monoisotopic (exact) mass is 377 g/mol. The Balaban J connectivity index is 1.71. The molecule has 26 heavy (non-hydrogen) atoms. The van der Waals surface area contributed by atoms with E-state index in [2.05, 4.69) is 6.92 Å². The molecule has 1 unspecified atom stereocenters. The lowest BCUT2D eigenvalue weighted by atomic mass is 9.99. The molecule has 0 radical (unpaired) electrons. The van der Waals surface area contributed by atoms with E-state index < -0.39 is 10.0 Å². The minimum absolute atomic E-state index is 0.0769. The second-order valence-corrected chi connectivity index (χ2v) is 8.58. The molecule has 1 atom stereocenters. The van der Waals surface area contributed by atoms with E-state index in [0.717, 1.165) is 12.0 Å². The van der Waals surface area contributed by atoms with Crippen LogP contribution in [-0.4, -0.2) is 26.8 Å². The maximum Gasteiger partial charge on any atom is 0.238 e. The summed E-state index contributed by atoms with van der Waals surface area (Å²) in [6, 6.07) is 11.8. The number of anilines is 1. The van der Waals surface area contributed by atoms with Crippen molar-refractivity contribution >= 4 is 15.7 Å². The number of ether oxygens (including phenoxy) is 1. The molecule has 1 heterocycles. The van der Waals surface area contributed by atoms with Gasteiger partial charge in [-0.2, -0.15) is 0 Å². The van der Waals surface area contributed by atoms with Gasteiger partial charge in [0.25, 0.3) is 0 Å². The number of rotatable bonds is 6. The lowest BCUT2D eigenvalue weighted by Gasteiger charge is -2.36. The SMILES string of the molecule is CCc1ccc(OCCS(=O)(=O)N2c3ccc(F)cc3CCC2C)cc1. The number of fused-ring (bicyclic) bond motifs is 1. The summed E-state index contributed by atoms with van der Waals surface area (Å²) in [5.74, 6) is 0.199. The zero-order chi connectivity index (χ0) is 18.7. The maximum absolute atomic E-state index is 13.5. The summed E-state index contributed by atoms with van der Waals surface area (Å²) < 4.78 is 46.3. The van der Waals surface area contributed by atoms with Crippen LogP contribution in [0.15, 0.2) is 42.5 Å². The fraction of sp³-hybridized carbons (Fsp3) is 0.400. The van der Waals surface area contributed by atoms with E-state index >= 15 is 0 Å². The highest BCUT2D eigenvalue weighted by atomic mass is 32.2. The first-order valence-electron chi connectivity index (χ1n) is 8.93. The summed E-state index contributed by atoms with van der Waals surface area (Å²) in [5.41, 5.74) is 2.52. The molecule has 0 aliphatic carbocycles. The molecule has 140 valence electrons. The van der Waals surface area contributed by atoms with E-state index in [9.17, 15) is 12.8 Å². The number of hydrogen-bond donors (Lipinski definition) is 0. The minimum Gasteiger partial charge on any atom is -0.492 e. The first-order chi connectivity index (χ1) is 12.4. The fourth-order valence-corrected chi connectivity index (χ4v) is 4.92. The van der Waals surface area contributed by atoms with Crippen LogP contribution >= 0.6 is 0 Å². The second-order valence-electron chi connectivity index (χ2n) is 6.62. The Morgan fingerprint density at radius 2 is 1.92 bits per heavy atom. The second kappa shape index (κ2) is 7.66. The largest absolute Gasteiger partial charge is 0.492 e. The number of halogens is 1. The minimum atomic E-state index is -3.56. The zero-order valence-electron chi connectivity index (χ0n) is 15.1. The smallest absolute Gasteiger partial charge is 0.238 e. The molecular formula is C20H24FNO3S. The fourth-order valence-electron chi connectivity index (χ4n) is 3.30. The molecular weight excluding hydrogens is 353 g/mol. The first kappa shape index (κ1) is 18.7. The van der Waals surface area contributed by atoms with Crippen molar-refractivity contribution in [2.45, 2.75) is 39.2 Å². The predicted octanol–water partition coefficient (Wildman–Crippen LogP) is 3.94. The predicted molar refractivity (Wildman–Crippen MR) is 102 cm³/mol. The molecule has 0 bridgehead atoms. The summed E-state index contributed by atoms with van der Waals surface area (Å²) in [6.45, 7) is 4.04. The first-order valence-corrected chi connectivity index (χ1v) is 10.5. The third-order valence-electron chi connectivity index (χ3n) is 4.75. The van der Waals surface area contributed by atoms with Crippen LogP contribution < -0.4 is 9.04 Å². The van der Waals surface area contributed by atoms with Crippen molar-refractivity contribution in [3.63, 3.8) is 0 Å². The number of nitrogens with zero attached hydrogens (tertiary/aromatic N) is 1. The van der Waals surface area contributed by atoms with Gasteiger partial charge in [-0.15, -0.1) is 0 Å². The molecule has 0 fully saturated rings. The number of aryl methyl sites for hydroxylation is 2. The van der Waals surface area contributed by atoms with Crippen molar-refractivity contribution in [3.8, 4) is 5.75 Å². The molecule has 0 aromatic heterocycles. The van der Waals surface area contributed by atoms with Crippen LogP contribution in [0, 0.1) is 5.82 Å². The van der Waals surface area contributed by atoms with E-state index in [1.807, 2.05) is 31.2 Å². The Hall–Kier alpha value is -2.08. The van der Waals surface area contributed by atoms with Crippen molar-refractivity contribution in [1.29, 1.82) is 0 Å². The molecule has 0 N–H and O–H groups in total.